The molecule has 352 valence electrons. The van der Waals surface area contributed by atoms with Crippen molar-refractivity contribution >= 4 is 11.9 Å². The fourth-order valence-electron chi connectivity index (χ4n) is 7.86. The minimum absolute atomic E-state index is 0.0191. The van der Waals surface area contributed by atoms with Gasteiger partial charge in [0.2, 0.25) is 5.91 Å². The van der Waals surface area contributed by atoms with Crippen LogP contribution in [0.1, 0.15) is 271 Å². The molecule has 0 fully saturated rings. The van der Waals surface area contributed by atoms with Gasteiger partial charge in [-0.05, 0) is 51.4 Å². The van der Waals surface area contributed by atoms with Crippen molar-refractivity contribution in [3.63, 3.8) is 0 Å². The van der Waals surface area contributed by atoms with E-state index in [1.165, 1.54) is 186 Å². The number of esters is 1. The Labute approximate surface area is 373 Å². The first kappa shape index (κ1) is 58.1. The number of hydrogen-bond acceptors (Lipinski definition) is 5. The summed E-state index contributed by atoms with van der Waals surface area (Å²) in [6.45, 7) is 4.84. The highest BCUT2D eigenvalue weighted by Crippen LogP contribution is 2.16. The zero-order valence-electron chi connectivity index (χ0n) is 39.9. The van der Waals surface area contributed by atoms with Crippen LogP contribution < -0.4 is 5.32 Å². The molecule has 0 aromatic heterocycles. The molecule has 6 heteroatoms. The summed E-state index contributed by atoms with van der Waals surface area (Å²) >= 11 is 0. The second-order valence-corrected chi connectivity index (χ2v) is 17.9. The number of hydrogen-bond donors (Lipinski definition) is 3. The van der Waals surface area contributed by atoms with Gasteiger partial charge in [-0.3, -0.25) is 9.59 Å². The smallest absolute Gasteiger partial charge is 0.305 e. The van der Waals surface area contributed by atoms with Crippen LogP contribution in [-0.4, -0.2) is 47.4 Å². The summed E-state index contributed by atoms with van der Waals surface area (Å²) in [6.07, 6.45) is 60.2. The average molecular weight is 844 g/mol. The Morgan fingerprint density at radius 1 is 0.467 bits per heavy atom. The lowest BCUT2D eigenvalue weighted by Gasteiger charge is -2.19. The van der Waals surface area contributed by atoms with Crippen LogP contribution >= 0.6 is 0 Å². The predicted octanol–water partition coefficient (Wildman–Crippen LogP) is 15.7. The topological polar surface area (TPSA) is 95.9 Å². The number of ether oxygens (including phenoxy) is 1. The molecule has 0 heterocycles. The Balaban J connectivity index is 3.60. The minimum atomic E-state index is -0.879. The first-order valence-corrected chi connectivity index (χ1v) is 26.3. The van der Waals surface area contributed by atoms with Gasteiger partial charge in [0.05, 0.1) is 25.4 Å². The molecule has 0 saturated carbocycles. The van der Waals surface area contributed by atoms with E-state index >= 15 is 0 Å². The lowest BCUT2D eigenvalue weighted by molar-refractivity contribution is -0.143. The summed E-state index contributed by atoms with van der Waals surface area (Å²) in [6, 6.07) is -0.672. The molecule has 6 nitrogen and oxygen atoms in total. The van der Waals surface area contributed by atoms with Crippen LogP contribution in [0.3, 0.4) is 0 Å². The minimum Gasteiger partial charge on any atom is -0.466 e. The number of rotatable bonds is 48. The number of carbonyl (C=O) groups excluding carboxylic acids is 2. The summed E-state index contributed by atoms with van der Waals surface area (Å²) in [5, 5.41) is 23.0. The molecule has 0 rings (SSSR count). The zero-order chi connectivity index (χ0) is 43.7. The van der Waals surface area contributed by atoms with Gasteiger partial charge in [-0.1, -0.05) is 243 Å². The fraction of sp³-hybridized carbons (Fsp3) is 0.852. The maximum absolute atomic E-state index is 12.4. The Hall–Kier alpha value is -1.92. The third kappa shape index (κ3) is 45.6. The maximum Gasteiger partial charge on any atom is 0.305 e. The van der Waals surface area contributed by atoms with E-state index in [1.54, 1.807) is 6.08 Å². The maximum atomic E-state index is 12.4. The lowest BCUT2D eigenvalue weighted by atomic mass is 10.0. The molecule has 0 radical (unpaired) electrons. The molecule has 0 aliphatic carbocycles. The summed E-state index contributed by atoms with van der Waals surface area (Å²) in [5.41, 5.74) is 0. The Morgan fingerprint density at radius 2 is 0.850 bits per heavy atom. The molecule has 0 aliphatic rings. The van der Waals surface area contributed by atoms with Crippen molar-refractivity contribution in [2.75, 3.05) is 13.2 Å². The molecule has 2 unspecified atom stereocenters. The number of amides is 1. The molecule has 0 aromatic rings. The molecular formula is C54H101NO5. The van der Waals surface area contributed by atoms with Gasteiger partial charge in [0.25, 0.3) is 0 Å². The first-order chi connectivity index (χ1) is 29.5. The van der Waals surface area contributed by atoms with Crippen molar-refractivity contribution in [2.24, 2.45) is 0 Å². The molecule has 0 bridgehead atoms. The van der Waals surface area contributed by atoms with Crippen molar-refractivity contribution in [3.8, 4) is 0 Å². The van der Waals surface area contributed by atoms with Crippen LogP contribution in [0.4, 0.5) is 0 Å². The van der Waals surface area contributed by atoms with Crippen LogP contribution in [0.2, 0.25) is 0 Å². The van der Waals surface area contributed by atoms with Gasteiger partial charge >= 0.3 is 5.97 Å². The highest BCUT2D eigenvalue weighted by atomic mass is 16.5. The molecule has 0 spiro atoms. The SMILES string of the molecule is CCCCCCCCCCCCCCCCCCC/C=C/C(O)C(CO)NC(=O)CC/C=C\C/C=C\CCCCCCCCOC(=O)CCCCCCCCCCCCC. The van der Waals surface area contributed by atoms with E-state index in [9.17, 15) is 19.8 Å². The van der Waals surface area contributed by atoms with E-state index in [4.69, 9.17) is 4.74 Å². The number of allylic oxidation sites excluding steroid dienone is 5. The van der Waals surface area contributed by atoms with E-state index in [0.29, 0.717) is 25.9 Å². The van der Waals surface area contributed by atoms with Crippen molar-refractivity contribution in [3.05, 3.63) is 36.5 Å². The summed E-state index contributed by atoms with van der Waals surface area (Å²) in [7, 11) is 0. The summed E-state index contributed by atoms with van der Waals surface area (Å²) in [5.74, 6) is -0.167. The fourth-order valence-corrected chi connectivity index (χ4v) is 7.86. The molecule has 2 atom stereocenters. The van der Waals surface area contributed by atoms with E-state index in [2.05, 4.69) is 37.4 Å². The molecule has 60 heavy (non-hydrogen) atoms. The van der Waals surface area contributed by atoms with E-state index in [0.717, 1.165) is 51.4 Å². The zero-order valence-corrected chi connectivity index (χ0v) is 39.9. The highest BCUT2D eigenvalue weighted by molar-refractivity contribution is 5.76. The Bertz CT molecular complexity index is 977. The average Bonchev–Trinajstić information content (AvgIpc) is 3.25. The van der Waals surface area contributed by atoms with E-state index < -0.39 is 12.1 Å². The standard InChI is InChI=1S/C54H101NO5/c1-3-5-7-9-11-13-15-16-17-18-19-20-21-23-27-30-34-38-42-46-52(57)51(50-56)55-53(58)47-43-39-35-31-28-24-22-25-29-33-37-41-45-49-60-54(59)48-44-40-36-32-26-14-12-10-8-6-4-2/h24,28,35,39,42,46,51-52,56-57H,3-23,25-27,29-34,36-38,40-41,43-45,47-50H2,1-2H3,(H,55,58)/b28-24-,39-35-,46-42+. The largest absolute Gasteiger partial charge is 0.466 e. The van der Waals surface area contributed by atoms with Crippen LogP contribution in [-0.2, 0) is 14.3 Å². The third-order valence-corrected chi connectivity index (χ3v) is 11.9. The predicted molar refractivity (Wildman–Crippen MR) is 259 cm³/mol. The van der Waals surface area contributed by atoms with E-state index in [1.807, 2.05) is 12.2 Å². The van der Waals surface area contributed by atoms with E-state index in [-0.39, 0.29) is 18.5 Å². The van der Waals surface area contributed by atoms with Crippen LogP contribution in [0.5, 0.6) is 0 Å². The van der Waals surface area contributed by atoms with Crippen molar-refractivity contribution in [1.29, 1.82) is 0 Å². The monoisotopic (exact) mass is 844 g/mol. The number of aliphatic hydroxyl groups excluding tert-OH is 2. The summed E-state index contributed by atoms with van der Waals surface area (Å²) in [4.78, 5) is 24.4. The van der Waals surface area contributed by atoms with Gasteiger partial charge < -0.3 is 20.3 Å². The number of carbonyl (C=O) groups is 2. The first-order valence-electron chi connectivity index (χ1n) is 26.3. The highest BCUT2D eigenvalue weighted by Gasteiger charge is 2.17. The van der Waals surface area contributed by atoms with Crippen LogP contribution in [0.15, 0.2) is 36.5 Å². The summed E-state index contributed by atoms with van der Waals surface area (Å²) < 4.78 is 5.43. The van der Waals surface area contributed by atoms with Gasteiger partial charge in [0.15, 0.2) is 0 Å². The second-order valence-electron chi connectivity index (χ2n) is 17.9. The molecular weight excluding hydrogens is 743 g/mol. The van der Waals surface area contributed by atoms with Crippen molar-refractivity contribution in [1.82, 2.24) is 5.32 Å². The van der Waals surface area contributed by atoms with Gasteiger partial charge in [-0.15, -0.1) is 0 Å². The Morgan fingerprint density at radius 3 is 1.30 bits per heavy atom. The molecule has 1 amide bonds. The van der Waals surface area contributed by atoms with Gasteiger partial charge in [0, 0.05) is 12.8 Å². The quantitative estimate of drug-likeness (QED) is 0.0322. The number of unbranched alkanes of at least 4 members (excludes halogenated alkanes) is 33. The normalized spacial score (nSPS) is 12.9. The second kappa shape index (κ2) is 49.7. The van der Waals surface area contributed by atoms with Crippen LogP contribution in [0, 0.1) is 0 Å². The van der Waals surface area contributed by atoms with Gasteiger partial charge in [0.1, 0.15) is 0 Å². The number of nitrogens with one attached hydrogen (secondary N) is 1. The Kier molecular flexibility index (Phi) is 48.1. The number of aliphatic hydroxyl groups is 2. The van der Waals surface area contributed by atoms with Crippen LogP contribution in [0.25, 0.3) is 0 Å². The van der Waals surface area contributed by atoms with Gasteiger partial charge in [-0.2, -0.15) is 0 Å². The van der Waals surface area contributed by atoms with Crippen molar-refractivity contribution < 1.29 is 24.5 Å². The van der Waals surface area contributed by atoms with Gasteiger partial charge in [-0.25, -0.2) is 0 Å². The lowest BCUT2D eigenvalue weighted by Crippen LogP contribution is -2.45. The molecule has 0 aliphatic heterocycles. The third-order valence-electron chi connectivity index (χ3n) is 11.9. The molecule has 3 N–H and O–H groups in total. The molecule has 0 aromatic carbocycles. The molecule has 0 saturated heterocycles. The van der Waals surface area contributed by atoms with Crippen molar-refractivity contribution in [2.45, 2.75) is 283 Å².